The highest BCUT2D eigenvalue weighted by Gasteiger charge is 2.32. The molecule has 7 nitrogen and oxygen atoms in total. The van der Waals surface area contributed by atoms with Crippen LogP contribution in [0.15, 0.2) is 29.4 Å². The van der Waals surface area contributed by atoms with Crippen molar-refractivity contribution in [3.8, 4) is 0 Å². The van der Waals surface area contributed by atoms with E-state index in [1.54, 1.807) is 24.3 Å². The number of carbonyl (C=O) groups is 1. The number of rotatable bonds is 2. The molecule has 1 aliphatic rings. The number of hydrogen-bond donors (Lipinski definition) is 4. The highest BCUT2D eigenvalue weighted by atomic mass is 16.4. The predicted octanol–water partition coefficient (Wildman–Crippen LogP) is -1.04. The van der Waals surface area contributed by atoms with Crippen LogP contribution in [0, 0.1) is 0 Å². The molecule has 1 aromatic carbocycles. The molecule has 0 aliphatic carbocycles. The number of benzene rings is 1. The van der Waals surface area contributed by atoms with Gasteiger partial charge in [0.05, 0.1) is 12.2 Å². The standard InChI is InChI=1S/C12H15N3O4/c13-11(14-19)7-1-3-8(4-2-7)12(18)15-5-9(16)10(17)6-15/h1-4,9-10,16-17,19H,5-6H2,(H2,13,14). The molecule has 19 heavy (non-hydrogen) atoms. The van der Waals surface area contributed by atoms with Gasteiger partial charge in [-0.1, -0.05) is 17.3 Å². The average molecular weight is 265 g/mol. The zero-order valence-corrected chi connectivity index (χ0v) is 10.1. The van der Waals surface area contributed by atoms with E-state index >= 15 is 0 Å². The smallest absolute Gasteiger partial charge is 0.254 e. The Morgan fingerprint density at radius 1 is 1.16 bits per heavy atom. The highest BCUT2D eigenvalue weighted by Crippen LogP contribution is 2.14. The Balaban J connectivity index is 2.12. The summed E-state index contributed by atoms with van der Waals surface area (Å²) in [4.78, 5) is 13.5. The van der Waals surface area contributed by atoms with Crippen LogP contribution in [0.3, 0.4) is 0 Å². The molecule has 1 aliphatic heterocycles. The third kappa shape index (κ3) is 2.67. The molecule has 1 amide bonds. The number of amides is 1. The molecule has 7 heteroatoms. The first-order valence-electron chi connectivity index (χ1n) is 5.76. The van der Waals surface area contributed by atoms with Crippen molar-refractivity contribution in [2.75, 3.05) is 13.1 Å². The summed E-state index contributed by atoms with van der Waals surface area (Å²) in [5.41, 5.74) is 6.33. The van der Waals surface area contributed by atoms with Crippen molar-refractivity contribution in [1.82, 2.24) is 4.90 Å². The summed E-state index contributed by atoms with van der Waals surface area (Å²) in [5.74, 6) is -0.312. The first kappa shape index (κ1) is 13.3. The number of amidine groups is 1. The van der Waals surface area contributed by atoms with E-state index in [9.17, 15) is 15.0 Å². The zero-order chi connectivity index (χ0) is 14.0. The van der Waals surface area contributed by atoms with E-state index in [0.29, 0.717) is 11.1 Å². The van der Waals surface area contributed by atoms with Crippen LogP contribution in [0.5, 0.6) is 0 Å². The number of β-amino-alcohol motifs (C(OH)–C–C–N with tert-alkyl or cyclic N) is 2. The molecule has 1 saturated heterocycles. The van der Waals surface area contributed by atoms with Gasteiger partial charge in [-0.3, -0.25) is 4.79 Å². The summed E-state index contributed by atoms with van der Waals surface area (Å²) in [6.07, 6.45) is -1.80. The van der Waals surface area contributed by atoms with Crippen LogP contribution in [-0.4, -0.2) is 57.4 Å². The van der Waals surface area contributed by atoms with E-state index in [-0.39, 0.29) is 24.8 Å². The van der Waals surface area contributed by atoms with Crippen molar-refractivity contribution in [3.63, 3.8) is 0 Å². The normalized spacial score (nSPS) is 23.7. The number of nitrogens with zero attached hydrogens (tertiary/aromatic N) is 2. The van der Waals surface area contributed by atoms with E-state index in [1.807, 2.05) is 0 Å². The van der Waals surface area contributed by atoms with E-state index in [0.717, 1.165) is 0 Å². The summed E-state index contributed by atoms with van der Waals surface area (Å²) in [6.45, 7) is 0.226. The molecule has 2 atom stereocenters. The topological polar surface area (TPSA) is 119 Å². The van der Waals surface area contributed by atoms with Crippen LogP contribution in [0.4, 0.5) is 0 Å². The van der Waals surface area contributed by atoms with E-state index in [4.69, 9.17) is 10.9 Å². The molecule has 5 N–H and O–H groups in total. The maximum atomic E-state index is 12.1. The van der Waals surface area contributed by atoms with Gasteiger partial charge in [0.1, 0.15) is 0 Å². The van der Waals surface area contributed by atoms with Gasteiger partial charge in [-0.25, -0.2) is 0 Å². The van der Waals surface area contributed by atoms with Crippen molar-refractivity contribution >= 4 is 11.7 Å². The Labute approximate surface area is 109 Å². The van der Waals surface area contributed by atoms with Crippen LogP contribution >= 0.6 is 0 Å². The monoisotopic (exact) mass is 265 g/mol. The number of oxime groups is 1. The van der Waals surface area contributed by atoms with Crippen molar-refractivity contribution in [3.05, 3.63) is 35.4 Å². The lowest BCUT2D eigenvalue weighted by Crippen LogP contribution is -2.29. The minimum Gasteiger partial charge on any atom is -0.409 e. The number of aliphatic hydroxyl groups excluding tert-OH is 2. The Hall–Kier alpha value is -2.12. The van der Waals surface area contributed by atoms with Crippen molar-refractivity contribution < 1.29 is 20.2 Å². The Morgan fingerprint density at radius 3 is 2.11 bits per heavy atom. The second-order valence-corrected chi connectivity index (χ2v) is 4.41. The van der Waals surface area contributed by atoms with E-state index < -0.39 is 12.2 Å². The lowest BCUT2D eigenvalue weighted by Gasteiger charge is -2.15. The largest absolute Gasteiger partial charge is 0.409 e. The van der Waals surface area contributed by atoms with Crippen LogP contribution in [0.1, 0.15) is 15.9 Å². The SMILES string of the molecule is N/C(=N/O)c1ccc(C(=O)N2CC(O)C(O)C2)cc1. The quantitative estimate of drug-likeness (QED) is 0.236. The summed E-state index contributed by atoms with van der Waals surface area (Å²) in [5, 5.41) is 30.2. The molecule has 102 valence electrons. The van der Waals surface area contributed by atoms with Gasteiger partial charge in [0.2, 0.25) is 0 Å². The van der Waals surface area contributed by atoms with Gasteiger partial charge in [0, 0.05) is 24.2 Å². The van der Waals surface area contributed by atoms with Crippen LogP contribution < -0.4 is 5.73 Å². The van der Waals surface area contributed by atoms with Crippen molar-refractivity contribution in [2.24, 2.45) is 10.9 Å². The zero-order valence-electron chi connectivity index (χ0n) is 10.1. The fourth-order valence-corrected chi connectivity index (χ4v) is 1.96. The number of nitrogens with two attached hydrogens (primary N) is 1. The second-order valence-electron chi connectivity index (χ2n) is 4.41. The van der Waals surface area contributed by atoms with Crippen molar-refractivity contribution in [1.29, 1.82) is 0 Å². The van der Waals surface area contributed by atoms with Gasteiger partial charge >= 0.3 is 0 Å². The maximum Gasteiger partial charge on any atom is 0.254 e. The first-order valence-corrected chi connectivity index (χ1v) is 5.76. The van der Waals surface area contributed by atoms with Crippen LogP contribution in [-0.2, 0) is 0 Å². The van der Waals surface area contributed by atoms with Gasteiger partial charge in [0.25, 0.3) is 5.91 Å². The molecule has 1 heterocycles. The Morgan fingerprint density at radius 2 is 1.63 bits per heavy atom. The van der Waals surface area contributed by atoms with Gasteiger partial charge < -0.3 is 26.1 Å². The molecule has 0 spiro atoms. The van der Waals surface area contributed by atoms with Crippen LogP contribution in [0.2, 0.25) is 0 Å². The third-order valence-corrected chi connectivity index (χ3v) is 3.08. The lowest BCUT2D eigenvalue weighted by atomic mass is 10.1. The molecule has 0 bridgehead atoms. The van der Waals surface area contributed by atoms with E-state index in [2.05, 4.69) is 5.16 Å². The van der Waals surface area contributed by atoms with Crippen LogP contribution in [0.25, 0.3) is 0 Å². The molecule has 0 aromatic heterocycles. The minimum atomic E-state index is -0.902. The molecule has 0 saturated carbocycles. The summed E-state index contributed by atoms with van der Waals surface area (Å²) >= 11 is 0. The van der Waals surface area contributed by atoms with Gasteiger partial charge in [-0.05, 0) is 12.1 Å². The fourth-order valence-electron chi connectivity index (χ4n) is 1.96. The second kappa shape index (κ2) is 5.25. The summed E-state index contributed by atoms with van der Waals surface area (Å²) in [6, 6.07) is 6.22. The molecular formula is C12H15N3O4. The molecule has 1 fully saturated rings. The number of carbonyl (C=O) groups excluding carboxylic acids is 1. The van der Waals surface area contributed by atoms with E-state index in [1.165, 1.54) is 4.90 Å². The average Bonchev–Trinajstić information content (AvgIpc) is 2.77. The first-order chi connectivity index (χ1) is 9.02. The lowest BCUT2D eigenvalue weighted by molar-refractivity contribution is 0.0572. The molecule has 2 rings (SSSR count). The van der Waals surface area contributed by atoms with Gasteiger partial charge in [-0.15, -0.1) is 0 Å². The summed E-state index contributed by atoms with van der Waals surface area (Å²) in [7, 11) is 0. The van der Waals surface area contributed by atoms with Gasteiger partial charge in [-0.2, -0.15) is 0 Å². The predicted molar refractivity (Wildman–Crippen MR) is 66.9 cm³/mol. The fraction of sp³-hybridized carbons (Fsp3) is 0.333. The molecule has 0 radical (unpaired) electrons. The minimum absolute atomic E-state index is 0.0361. The highest BCUT2D eigenvalue weighted by molar-refractivity contribution is 5.99. The Bertz CT molecular complexity index is 490. The number of aliphatic hydroxyl groups is 2. The number of hydrogen-bond acceptors (Lipinski definition) is 5. The number of likely N-dealkylation sites (tertiary alicyclic amines) is 1. The third-order valence-electron chi connectivity index (χ3n) is 3.08. The van der Waals surface area contributed by atoms with Crippen molar-refractivity contribution in [2.45, 2.75) is 12.2 Å². The molecular weight excluding hydrogens is 250 g/mol. The molecule has 2 unspecified atom stereocenters. The summed E-state index contributed by atoms with van der Waals surface area (Å²) < 4.78 is 0. The maximum absolute atomic E-state index is 12.1. The van der Waals surface area contributed by atoms with Gasteiger partial charge in [0.15, 0.2) is 5.84 Å². The molecule has 1 aromatic rings. The Kier molecular flexibility index (Phi) is 3.68.